The van der Waals surface area contributed by atoms with Crippen LogP contribution in [0.5, 0.6) is 0 Å². The van der Waals surface area contributed by atoms with Crippen LogP contribution in [0.3, 0.4) is 0 Å². The van der Waals surface area contributed by atoms with Gasteiger partial charge >= 0.3 is 165 Å². The summed E-state index contributed by atoms with van der Waals surface area (Å²) in [7, 11) is -1.20. The molecular formula is C25H45P. The second kappa shape index (κ2) is 14.4. The Balaban J connectivity index is 2.75. The summed E-state index contributed by atoms with van der Waals surface area (Å²) in [5.74, 6) is 0. The number of unbranched alkanes of at least 4 members (excludes halogenated alkanes) is 7. The zero-order valence-electron chi connectivity index (χ0n) is 18.0. The minimum absolute atomic E-state index is 1.20. The van der Waals surface area contributed by atoms with Crippen LogP contribution in [-0.4, -0.2) is 18.5 Å². The molecule has 0 aliphatic rings. The van der Waals surface area contributed by atoms with E-state index in [1.54, 1.807) is 24.0 Å². The Morgan fingerprint density at radius 2 is 1.19 bits per heavy atom. The van der Waals surface area contributed by atoms with Crippen molar-refractivity contribution in [2.24, 2.45) is 0 Å². The number of rotatable bonds is 16. The zero-order chi connectivity index (χ0) is 19.1. The molecule has 0 aromatic heterocycles. The van der Waals surface area contributed by atoms with E-state index < -0.39 is 7.26 Å². The van der Waals surface area contributed by atoms with Crippen LogP contribution in [-0.2, 0) is 6.16 Å². The van der Waals surface area contributed by atoms with E-state index in [1.165, 1.54) is 75.9 Å². The predicted molar refractivity (Wildman–Crippen MR) is 126 cm³/mol. The van der Waals surface area contributed by atoms with E-state index in [-0.39, 0.29) is 0 Å². The molecule has 0 spiro atoms. The molecule has 150 valence electrons. The van der Waals surface area contributed by atoms with E-state index in [4.69, 9.17) is 0 Å². The fourth-order valence-electron chi connectivity index (χ4n) is 4.23. The third kappa shape index (κ3) is 9.36. The first-order chi connectivity index (χ1) is 12.7. The van der Waals surface area contributed by atoms with Gasteiger partial charge in [-0.05, 0) is 0 Å². The molecule has 0 saturated carbocycles. The summed E-state index contributed by atoms with van der Waals surface area (Å²) in [6.07, 6.45) is 22.2. The monoisotopic (exact) mass is 376 g/mol. The second-order valence-corrected chi connectivity index (χ2v) is 13.2. The summed E-state index contributed by atoms with van der Waals surface area (Å²) >= 11 is 0. The SMILES string of the molecule is C=Cc1ccc(C[PH](CCCC)(CCCC)CCCCCCCC)cc1. The van der Waals surface area contributed by atoms with Crippen LogP contribution in [0.15, 0.2) is 30.8 Å². The van der Waals surface area contributed by atoms with E-state index in [9.17, 15) is 0 Å². The van der Waals surface area contributed by atoms with Crippen LogP contribution < -0.4 is 0 Å². The van der Waals surface area contributed by atoms with E-state index in [0.717, 1.165) is 0 Å². The normalized spacial score (nSPS) is 12.3. The maximum absolute atomic E-state index is 3.90. The van der Waals surface area contributed by atoms with Crippen molar-refractivity contribution in [3.05, 3.63) is 42.0 Å². The Kier molecular flexibility index (Phi) is 13.0. The molecule has 0 aliphatic carbocycles. The van der Waals surface area contributed by atoms with Crippen molar-refractivity contribution in [3.63, 3.8) is 0 Å². The molecule has 0 amide bonds. The summed E-state index contributed by atoms with van der Waals surface area (Å²) in [6, 6.07) is 9.26. The van der Waals surface area contributed by atoms with Gasteiger partial charge < -0.3 is 0 Å². The molecule has 0 N–H and O–H groups in total. The molecule has 1 heteroatoms. The maximum atomic E-state index is 3.90. The van der Waals surface area contributed by atoms with Gasteiger partial charge in [0.25, 0.3) is 0 Å². The van der Waals surface area contributed by atoms with Crippen LogP contribution >= 0.6 is 7.26 Å². The third-order valence-corrected chi connectivity index (χ3v) is 11.4. The van der Waals surface area contributed by atoms with Gasteiger partial charge in [-0.1, -0.05) is 0 Å². The average molecular weight is 377 g/mol. The minimum atomic E-state index is -1.20. The molecule has 0 bridgehead atoms. The summed E-state index contributed by atoms with van der Waals surface area (Å²) in [4.78, 5) is 0. The van der Waals surface area contributed by atoms with Gasteiger partial charge in [-0.25, -0.2) is 0 Å². The summed E-state index contributed by atoms with van der Waals surface area (Å²) in [6.45, 7) is 10.9. The molecule has 0 unspecified atom stereocenters. The van der Waals surface area contributed by atoms with Crippen molar-refractivity contribution in [2.75, 3.05) is 18.5 Å². The molecule has 1 aromatic rings. The number of benzene rings is 1. The predicted octanol–water partition coefficient (Wildman–Crippen LogP) is 8.54. The average Bonchev–Trinajstić information content (AvgIpc) is 2.68. The van der Waals surface area contributed by atoms with Crippen LogP contribution in [0.25, 0.3) is 6.08 Å². The van der Waals surface area contributed by atoms with E-state index >= 15 is 0 Å². The first-order valence-corrected chi connectivity index (χ1v) is 14.2. The topological polar surface area (TPSA) is 0 Å². The van der Waals surface area contributed by atoms with Gasteiger partial charge in [0.2, 0.25) is 0 Å². The van der Waals surface area contributed by atoms with Crippen LogP contribution in [0.4, 0.5) is 0 Å². The first-order valence-electron chi connectivity index (χ1n) is 11.4. The quantitative estimate of drug-likeness (QED) is 0.200. The van der Waals surface area contributed by atoms with Gasteiger partial charge in [0.1, 0.15) is 0 Å². The number of hydrogen-bond donors (Lipinski definition) is 0. The summed E-state index contributed by atoms with van der Waals surface area (Å²) in [5.41, 5.74) is 2.83. The molecule has 0 heterocycles. The van der Waals surface area contributed by atoms with E-state index in [2.05, 4.69) is 51.6 Å². The van der Waals surface area contributed by atoms with Crippen LogP contribution in [0, 0.1) is 0 Å². The number of hydrogen-bond acceptors (Lipinski definition) is 0. The molecule has 0 nitrogen and oxygen atoms in total. The van der Waals surface area contributed by atoms with Gasteiger partial charge in [0.05, 0.1) is 0 Å². The van der Waals surface area contributed by atoms with E-state index in [0.29, 0.717) is 0 Å². The molecule has 0 radical (unpaired) electrons. The summed E-state index contributed by atoms with van der Waals surface area (Å²) < 4.78 is 0. The molecule has 1 rings (SSSR count). The zero-order valence-corrected chi connectivity index (χ0v) is 19.0. The molecule has 0 fully saturated rings. The van der Waals surface area contributed by atoms with Crippen LogP contribution in [0.1, 0.15) is 96.1 Å². The molecule has 0 aliphatic heterocycles. The Morgan fingerprint density at radius 1 is 0.692 bits per heavy atom. The Bertz CT molecular complexity index is 452. The van der Waals surface area contributed by atoms with Crippen molar-refractivity contribution in [1.82, 2.24) is 0 Å². The third-order valence-electron chi connectivity index (χ3n) is 5.98. The first kappa shape index (κ1) is 23.4. The van der Waals surface area contributed by atoms with Crippen molar-refractivity contribution in [1.29, 1.82) is 0 Å². The van der Waals surface area contributed by atoms with Gasteiger partial charge in [-0.15, -0.1) is 0 Å². The van der Waals surface area contributed by atoms with Crippen molar-refractivity contribution < 1.29 is 0 Å². The van der Waals surface area contributed by atoms with Gasteiger partial charge in [-0.2, -0.15) is 0 Å². The Labute approximate surface area is 165 Å². The molecule has 26 heavy (non-hydrogen) atoms. The molecule has 1 aromatic carbocycles. The Morgan fingerprint density at radius 3 is 1.73 bits per heavy atom. The van der Waals surface area contributed by atoms with Gasteiger partial charge in [0, 0.05) is 0 Å². The Hall–Kier alpha value is -0.610. The molecule has 0 atom stereocenters. The standard InChI is InChI=1S/C25H45P/c1-5-9-12-13-14-15-22-26(20-10-6-2,21-11-7-3)23-25-18-16-24(8-4)17-19-25/h8,16-19,26H,4-7,9-15,20-23H2,1-3H3. The molecular weight excluding hydrogens is 331 g/mol. The van der Waals surface area contributed by atoms with Gasteiger partial charge in [-0.3, -0.25) is 0 Å². The van der Waals surface area contributed by atoms with Crippen molar-refractivity contribution >= 4 is 13.3 Å². The fourth-order valence-corrected chi connectivity index (χ4v) is 9.82. The molecule has 0 saturated heterocycles. The second-order valence-electron chi connectivity index (χ2n) is 8.35. The van der Waals surface area contributed by atoms with Crippen molar-refractivity contribution in [3.8, 4) is 0 Å². The van der Waals surface area contributed by atoms with Gasteiger partial charge in [0.15, 0.2) is 0 Å². The van der Waals surface area contributed by atoms with Crippen molar-refractivity contribution in [2.45, 2.75) is 91.1 Å². The summed E-state index contributed by atoms with van der Waals surface area (Å²) in [5, 5.41) is 0. The van der Waals surface area contributed by atoms with E-state index in [1.807, 2.05) is 6.08 Å². The van der Waals surface area contributed by atoms with Crippen LogP contribution in [0.2, 0.25) is 0 Å². The fraction of sp³-hybridized carbons (Fsp3) is 0.680.